The van der Waals surface area contributed by atoms with Crippen molar-refractivity contribution >= 4 is 18.7 Å². The fourth-order valence-corrected chi connectivity index (χ4v) is 1.77. The zero-order valence-corrected chi connectivity index (χ0v) is 6.84. The zero-order chi connectivity index (χ0) is 6.41. The summed E-state index contributed by atoms with van der Waals surface area (Å²) in [7, 11) is 0.887. The number of hydrogen-bond donors (Lipinski definition) is 1. The lowest BCUT2D eigenvalue weighted by Crippen LogP contribution is -1.89. The van der Waals surface area contributed by atoms with Gasteiger partial charge in [0.15, 0.2) is 0 Å². The van der Waals surface area contributed by atoms with E-state index >= 15 is 0 Å². The molecule has 0 heterocycles. The Kier molecular flexibility index (Phi) is 6.34. The van der Waals surface area contributed by atoms with E-state index in [1.54, 1.807) is 18.5 Å². The number of methoxy groups -OCH3 is 1. The van der Waals surface area contributed by atoms with Crippen LogP contribution in [0.3, 0.4) is 0 Å². The van der Waals surface area contributed by atoms with E-state index in [2.05, 4.69) is 0 Å². The van der Waals surface area contributed by atoms with Crippen LogP contribution in [0, 0.1) is 0 Å². The second kappa shape index (κ2) is 5.83. The van der Waals surface area contributed by atoms with Gasteiger partial charge in [-0.1, -0.05) is 0 Å². The molecule has 1 N–H and O–H groups in total. The summed E-state index contributed by atoms with van der Waals surface area (Å²) in [6.07, 6.45) is 0. The van der Waals surface area contributed by atoms with Gasteiger partial charge in [-0.05, 0) is 6.66 Å². The normalized spacial score (nSPS) is 13.9. The molecule has 0 aliphatic carbocycles. The third kappa shape index (κ3) is 6.70. The van der Waals surface area contributed by atoms with Crippen LogP contribution in [0.15, 0.2) is 0 Å². The van der Waals surface area contributed by atoms with Crippen LogP contribution < -0.4 is 0 Å². The highest BCUT2D eigenvalue weighted by Gasteiger charge is 1.92. The molecular formula is C4H11O2PS. The minimum absolute atomic E-state index is 0.734. The Morgan fingerprint density at radius 3 is 2.75 bits per heavy atom. The highest BCUT2D eigenvalue weighted by atomic mass is 32.7. The average molecular weight is 154 g/mol. The van der Waals surface area contributed by atoms with Gasteiger partial charge in [-0.2, -0.15) is 0 Å². The largest absolute Gasteiger partial charge is 0.384 e. The molecular weight excluding hydrogens is 143 g/mol. The molecule has 0 aliphatic heterocycles. The number of ether oxygens (including phenoxy) is 1. The molecule has 0 aliphatic rings. The highest BCUT2D eigenvalue weighted by Crippen LogP contribution is 2.40. The molecule has 0 aromatic heterocycles. The van der Waals surface area contributed by atoms with Crippen molar-refractivity contribution in [2.75, 3.05) is 26.1 Å². The predicted octanol–water partition coefficient (Wildman–Crippen LogP) is 1.30. The maximum atomic E-state index is 8.75. The molecule has 0 radical (unpaired) electrons. The maximum Gasteiger partial charge on any atom is 0.0816 e. The molecule has 0 saturated carbocycles. The summed E-state index contributed by atoms with van der Waals surface area (Å²) in [6, 6.07) is 0. The van der Waals surface area contributed by atoms with Gasteiger partial charge in [0, 0.05) is 12.9 Å². The summed E-state index contributed by atoms with van der Waals surface area (Å²) in [5, 5.41) is 0. The Hall–Kier alpha value is 0.700. The molecule has 0 rings (SSSR count). The molecule has 8 heavy (non-hydrogen) atoms. The van der Waals surface area contributed by atoms with E-state index in [1.165, 1.54) is 0 Å². The van der Waals surface area contributed by atoms with E-state index < -0.39 is 7.35 Å². The smallest absolute Gasteiger partial charge is 0.0816 e. The van der Waals surface area contributed by atoms with Gasteiger partial charge in [-0.25, -0.2) is 0 Å². The summed E-state index contributed by atoms with van der Waals surface area (Å²) in [5.74, 6) is 0.898. The Morgan fingerprint density at radius 1 is 1.75 bits per heavy atom. The van der Waals surface area contributed by atoms with E-state index in [0.717, 1.165) is 12.4 Å². The molecule has 50 valence electrons. The molecule has 0 fully saturated rings. The summed E-state index contributed by atoms with van der Waals surface area (Å²) < 4.78 is 4.77. The molecule has 0 bridgehead atoms. The van der Waals surface area contributed by atoms with Crippen molar-refractivity contribution in [1.82, 2.24) is 0 Å². The second-order valence-electron chi connectivity index (χ2n) is 1.29. The van der Waals surface area contributed by atoms with Crippen LogP contribution >= 0.6 is 18.7 Å². The van der Waals surface area contributed by atoms with Crippen LogP contribution in [-0.4, -0.2) is 31.0 Å². The lowest BCUT2D eigenvalue weighted by atomic mass is 10.9. The molecule has 1 atom stereocenters. The molecule has 0 saturated heterocycles. The third-order valence-corrected chi connectivity index (χ3v) is 2.96. The van der Waals surface area contributed by atoms with Crippen LogP contribution in [0.1, 0.15) is 0 Å². The van der Waals surface area contributed by atoms with Crippen LogP contribution in [0.25, 0.3) is 0 Å². The summed E-state index contributed by atoms with van der Waals surface area (Å²) in [4.78, 5) is 8.75. The Bertz CT molecular complexity index is 51.3. The first-order valence-corrected chi connectivity index (χ1v) is 5.65. The lowest BCUT2D eigenvalue weighted by Gasteiger charge is -2.00. The van der Waals surface area contributed by atoms with Gasteiger partial charge in [-0.15, -0.1) is 11.4 Å². The second-order valence-corrected chi connectivity index (χ2v) is 5.25. The van der Waals surface area contributed by atoms with Crippen molar-refractivity contribution in [2.24, 2.45) is 0 Å². The van der Waals surface area contributed by atoms with Gasteiger partial charge in [0.2, 0.25) is 0 Å². The number of hydrogen-bond acceptors (Lipinski definition) is 3. The summed E-state index contributed by atoms with van der Waals surface area (Å²) in [5.41, 5.74) is 0. The van der Waals surface area contributed by atoms with E-state index in [1.807, 2.05) is 6.66 Å². The van der Waals surface area contributed by atoms with Gasteiger partial charge in [0.1, 0.15) is 0 Å². The lowest BCUT2D eigenvalue weighted by molar-refractivity contribution is 0.219. The van der Waals surface area contributed by atoms with E-state index in [4.69, 9.17) is 9.63 Å². The predicted molar refractivity (Wildman–Crippen MR) is 39.4 cm³/mol. The van der Waals surface area contributed by atoms with Gasteiger partial charge in [-0.3, -0.25) is 0 Å². The van der Waals surface area contributed by atoms with Crippen molar-refractivity contribution in [3.63, 3.8) is 0 Å². The van der Waals surface area contributed by atoms with E-state index in [0.29, 0.717) is 0 Å². The van der Waals surface area contributed by atoms with Crippen molar-refractivity contribution in [1.29, 1.82) is 0 Å². The zero-order valence-electron chi connectivity index (χ0n) is 5.13. The van der Waals surface area contributed by atoms with Gasteiger partial charge >= 0.3 is 0 Å². The van der Waals surface area contributed by atoms with Crippen LogP contribution in [-0.2, 0) is 4.74 Å². The molecule has 0 aromatic carbocycles. The van der Waals surface area contributed by atoms with Crippen LogP contribution in [0.2, 0.25) is 0 Å². The van der Waals surface area contributed by atoms with Crippen molar-refractivity contribution in [3.05, 3.63) is 0 Å². The monoisotopic (exact) mass is 154 g/mol. The molecule has 0 spiro atoms. The first kappa shape index (κ1) is 8.70. The highest BCUT2D eigenvalue weighted by molar-refractivity contribution is 8.53. The molecule has 0 aromatic rings. The standard InChI is InChI=1S/C4H11O2PS/c1-6-3-4-8-7(2)5/h5H,3-4H2,1-2H3. The average Bonchev–Trinajstić information content (AvgIpc) is 1.66. The van der Waals surface area contributed by atoms with Gasteiger partial charge < -0.3 is 9.63 Å². The fourth-order valence-electron chi connectivity index (χ4n) is 0.253. The van der Waals surface area contributed by atoms with Crippen molar-refractivity contribution in [3.8, 4) is 0 Å². The summed E-state index contributed by atoms with van der Waals surface area (Å²) >= 11 is 1.55. The Balaban J connectivity index is 2.72. The topological polar surface area (TPSA) is 29.5 Å². The fraction of sp³-hybridized carbons (Fsp3) is 1.00. The minimum atomic E-state index is -0.775. The van der Waals surface area contributed by atoms with E-state index in [-0.39, 0.29) is 0 Å². The maximum absolute atomic E-state index is 8.75. The van der Waals surface area contributed by atoms with Crippen LogP contribution in [0.4, 0.5) is 0 Å². The van der Waals surface area contributed by atoms with Crippen molar-refractivity contribution < 1.29 is 9.63 Å². The van der Waals surface area contributed by atoms with Gasteiger partial charge in [0.25, 0.3) is 0 Å². The SMILES string of the molecule is COCCSP(C)O. The van der Waals surface area contributed by atoms with E-state index in [9.17, 15) is 0 Å². The number of rotatable bonds is 4. The molecule has 4 heteroatoms. The first-order valence-electron chi connectivity index (χ1n) is 2.32. The quantitative estimate of drug-likeness (QED) is 0.489. The molecule has 2 nitrogen and oxygen atoms in total. The molecule has 1 unspecified atom stereocenters. The molecule has 0 amide bonds. The Morgan fingerprint density at radius 2 is 2.38 bits per heavy atom. The van der Waals surface area contributed by atoms with Gasteiger partial charge in [0.05, 0.1) is 14.0 Å². The Labute approximate surface area is 55.2 Å². The van der Waals surface area contributed by atoms with Crippen molar-refractivity contribution in [2.45, 2.75) is 0 Å². The third-order valence-electron chi connectivity index (χ3n) is 0.566. The summed E-state index contributed by atoms with van der Waals surface area (Å²) in [6.45, 7) is 2.55. The first-order chi connectivity index (χ1) is 3.77. The van der Waals surface area contributed by atoms with Crippen LogP contribution in [0.5, 0.6) is 0 Å². The minimum Gasteiger partial charge on any atom is -0.384 e.